The first-order valence-corrected chi connectivity index (χ1v) is 7.22. The second-order valence-corrected chi connectivity index (χ2v) is 5.38. The minimum absolute atomic E-state index is 0.0321. The SMILES string of the molecule is CC1C(=CC(=O)c2ccc(C#N)cc2)C=Cc2ccccc21. The van der Waals surface area contributed by atoms with Gasteiger partial charge in [0, 0.05) is 11.5 Å². The first kappa shape index (κ1) is 14.0. The molecule has 1 aliphatic rings. The monoisotopic (exact) mass is 285 g/mol. The summed E-state index contributed by atoms with van der Waals surface area (Å²) in [5, 5.41) is 8.80. The number of ketones is 1. The molecule has 2 heteroatoms. The van der Waals surface area contributed by atoms with Crippen LogP contribution in [0.2, 0.25) is 0 Å². The van der Waals surface area contributed by atoms with Crippen molar-refractivity contribution in [3.63, 3.8) is 0 Å². The number of benzene rings is 2. The van der Waals surface area contributed by atoms with E-state index in [0.29, 0.717) is 11.1 Å². The summed E-state index contributed by atoms with van der Waals surface area (Å²) < 4.78 is 0. The Hall–Kier alpha value is -2.92. The maximum atomic E-state index is 12.4. The highest BCUT2D eigenvalue weighted by Crippen LogP contribution is 2.33. The van der Waals surface area contributed by atoms with Crippen molar-refractivity contribution in [3.8, 4) is 6.07 Å². The molecule has 0 fully saturated rings. The van der Waals surface area contributed by atoms with Crippen molar-refractivity contribution in [2.45, 2.75) is 12.8 Å². The zero-order valence-electron chi connectivity index (χ0n) is 12.3. The lowest BCUT2D eigenvalue weighted by molar-refractivity contribution is 0.104. The molecule has 0 saturated carbocycles. The Morgan fingerprint density at radius 1 is 1.09 bits per heavy atom. The van der Waals surface area contributed by atoms with Crippen LogP contribution >= 0.6 is 0 Å². The lowest BCUT2D eigenvalue weighted by Gasteiger charge is -2.20. The van der Waals surface area contributed by atoms with E-state index in [-0.39, 0.29) is 11.7 Å². The summed E-state index contributed by atoms with van der Waals surface area (Å²) in [4.78, 5) is 12.4. The van der Waals surface area contributed by atoms with Crippen LogP contribution in [-0.4, -0.2) is 5.78 Å². The van der Waals surface area contributed by atoms with Crippen LogP contribution in [0.25, 0.3) is 6.08 Å². The van der Waals surface area contributed by atoms with E-state index in [1.165, 1.54) is 11.1 Å². The minimum atomic E-state index is -0.0321. The quantitative estimate of drug-likeness (QED) is 0.602. The van der Waals surface area contributed by atoms with Gasteiger partial charge in [0.1, 0.15) is 0 Å². The van der Waals surface area contributed by atoms with Gasteiger partial charge in [-0.25, -0.2) is 0 Å². The van der Waals surface area contributed by atoms with Crippen LogP contribution in [0.3, 0.4) is 0 Å². The minimum Gasteiger partial charge on any atom is -0.289 e. The number of fused-ring (bicyclic) bond motifs is 1. The van der Waals surface area contributed by atoms with Gasteiger partial charge in [-0.3, -0.25) is 4.79 Å². The predicted molar refractivity (Wildman–Crippen MR) is 87.5 cm³/mol. The molecule has 2 aromatic rings. The van der Waals surface area contributed by atoms with E-state index in [0.717, 1.165) is 5.57 Å². The van der Waals surface area contributed by atoms with Crippen LogP contribution in [0.5, 0.6) is 0 Å². The lowest BCUT2D eigenvalue weighted by Crippen LogP contribution is -2.05. The number of hydrogen-bond donors (Lipinski definition) is 0. The zero-order chi connectivity index (χ0) is 15.5. The fourth-order valence-electron chi connectivity index (χ4n) is 2.68. The summed E-state index contributed by atoms with van der Waals surface area (Å²) in [6, 6.07) is 17.0. The Bertz CT molecular complexity index is 820. The van der Waals surface area contributed by atoms with E-state index in [1.54, 1.807) is 30.3 Å². The number of carbonyl (C=O) groups is 1. The van der Waals surface area contributed by atoms with E-state index in [2.05, 4.69) is 25.1 Å². The van der Waals surface area contributed by atoms with Crippen LogP contribution in [0, 0.1) is 11.3 Å². The van der Waals surface area contributed by atoms with Gasteiger partial charge in [-0.1, -0.05) is 43.3 Å². The third kappa shape index (κ3) is 2.62. The van der Waals surface area contributed by atoms with Gasteiger partial charge in [0.05, 0.1) is 11.6 Å². The molecular weight excluding hydrogens is 270 g/mol. The standard InChI is InChI=1S/C20H15NO/c1-14-18(11-10-16-4-2-3-5-19(14)16)12-20(22)17-8-6-15(13-21)7-9-17/h2-12,14H,1H3. The smallest absolute Gasteiger partial charge is 0.186 e. The molecule has 0 bridgehead atoms. The van der Waals surface area contributed by atoms with Crippen LogP contribution in [0.1, 0.15) is 39.9 Å². The van der Waals surface area contributed by atoms with Gasteiger partial charge in [-0.2, -0.15) is 5.26 Å². The number of nitriles is 1. The molecule has 0 aromatic heterocycles. The van der Waals surface area contributed by atoms with E-state index < -0.39 is 0 Å². The fraction of sp³-hybridized carbons (Fsp3) is 0.100. The molecule has 22 heavy (non-hydrogen) atoms. The first-order chi connectivity index (χ1) is 10.7. The summed E-state index contributed by atoms with van der Waals surface area (Å²) in [7, 11) is 0. The summed E-state index contributed by atoms with van der Waals surface area (Å²) in [5.74, 6) is 0.166. The van der Waals surface area contributed by atoms with Crippen LogP contribution in [-0.2, 0) is 0 Å². The largest absolute Gasteiger partial charge is 0.289 e. The molecule has 2 aromatic carbocycles. The fourth-order valence-corrected chi connectivity index (χ4v) is 2.68. The van der Waals surface area contributed by atoms with E-state index in [9.17, 15) is 4.79 Å². The van der Waals surface area contributed by atoms with Crippen molar-refractivity contribution < 1.29 is 4.79 Å². The third-order valence-corrected chi connectivity index (χ3v) is 4.01. The number of hydrogen-bond acceptors (Lipinski definition) is 2. The van der Waals surface area contributed by atoms with Crippen LogP contribution in [0.4, 0.5) is 0 Å². The Kier molecular flexibility index (Phi) is 3.72. The van der Waals surface area contributed by atoms with Gasteiger partial charge in [0.15, 0.2) is 5.78 Å². The van der Waals surface area contributed by atoms with Crippen LogP contribution < -0.4 is 0 Å². The zero-order valence-corrected chi connectivity index (χ0v) is 12.3. The van der Waals surface area contributed by atoms with Crippen molar-refractivity contribution >= 4 is 11.9 Å². The molecule has 0 spiro atoms. The highest BCUT2D eigenvalue weighted by atomic mass is 16.1. The van der Waals surface area contributed by atoms with E-state index in [4.69, 9.17) is 5.26 Å². The van der Waals surface area contributed by atoms with Gasteiger partial charge in [0.25, 0.3) is 0 Å². The average molecular weight is 285 g/mol. The van der Waals surface area contributed by atoms with Crippen molar-refractivity contribution in [2.24, 2.45) is 0 Å². The van der Waals surface area contributed by atoms with Crippen molar-refractivity contribution in [1.29, 1.82) is 5.26 Å². The maximum Gasteiger partial charge on any atom is 0.186 e. The molecule has 3 rings (SSSR count). The summed E-state index contributed by atoms with van der Waals surface area (Å²) >= 11 is 0. The topological polar surface area (TPSA) is 40.9 Å². The molecule has 1 aliphatic carbocycles. The molecule has 0 amide bonds. The lowest BCUT2D eigenvalue weighted by atomic mass is 9.84. The third-order valence-electron chi connectivity index (χ3n) is 4.01. The summed E-state index contributed by atoms with van der Waals surface area (Å²) in [6.07, 6.45) is 5.75. The first-order valence-electron chi connectivity index (χ1n) is 7.22. The van der Waals surface area contributed by atoms with Crippen molar-refractivity contribution in [3.05, 3.63) is 88.5 Å². The second kappa shape index (κ2) is 5.83. The molecule has 0 N–H and O–H groups in total. The predicted octanol–water partition coefficient (Wildman–Crippen LogP) is 4.50. The highest BCUT2D eigenvalue weighted by Gasteiger charge is 2.17. The maximum absolute atomic E-state index is 12.4. The Labute approximate surface area is 130 Å². The van der Waals surface area contributed by atoms with Crippen molar-refractivity contribution in [2.75, 3.05) is 0 Å². The number of allylic oxidation sites excluding steroid dienone is 3. The van der Waals surface area contributed by atoms with Crippen molar-refractivity contribution in [1.82, 2.24) is 0 Å². The summed E-state index contributed by atoms with van der Waals surface area (Å²) in [5.41, 5.74) is 4.62. The molecule has 0 heterocycles. The highest BCUT2D eigenvalue weighted by molar-refractivity contribution is 6.05. The molecule has 0 aliphatic heterocycles. The normalized spacial score (nSPS) is 17.8. The van der Waals surface area contributed by atoms with E-state index in [1.807, 2.05) is 24.3 Å². The Balaban J connectivity index is 1.89. The molecule has 106 valence electrons. The van der Waals surface area contributed by atoms with Gasteiger partial charge in [-0.15, -0.1) is 0 Å². The van der Waals surface area contributed by atoms with Gasteiger partial charge in [0.2, 0.25) is 0 Å². The molecular formula is C20H15NO. The molecule has 1 atom stereocenters. The van der Waals surface area contributed by atoms with Gasteiger partial charge >= 0.3 is 0 Å². The Morgan fingerprint density at radius 2 is 1.82 bits per heavy atom. The molecule has 0 saturated heterocycles. The average Bonchev–Trinajstić information content (AvgIpc) is 2.57. The van der Waals surface area contributed by atoms with Crippen LogP contribution in [0.15, 0.2) is 66.3 Å². The number of rotatable bonds is 2. The van der Waals surface area contributed by atoms with Gasteiger partial charge in [-0.05, 0) is 47.0 Å². The number of nitrogens with zero attached hydrogens (tertiary/aromatic N) is 1. The number of carbonyl (C=O) groups excluding carboxylic acids is 1. The molecule has 2 nitrogen and oxygen atoms in total. The Morgan fingerprint density at radius 3 is 2.55 bits per heavy atom. The molecule has 0 radical (unpaired) electrons. The van der Waals surface area contributed by atoms with E-state index >= 15 is 0 Å². The summed E-state index contributed by atoms with van der Waals surface area (Å²) in [6.45, 7) is 2.11. The molecule has 1 unspecified atom stereocenters. The second-order valence-electron chi connectivity index (χ2n) is 5.38. The van der Waals surface area contributed by atoms with Gasteiger partial charge < -0.3 is 0 Å².